The Kier molecular flexibility index (Phi) is 3.82. The van der Waals surface area contributed by atoms with Crippen LogP contribution in [0.15, 0.2) is 36.5 Å². The van der Waals surface area contributed by atoms with Gasteiger partial charge in [-0.1, -0.05) is 26.0 Å². The molecule has 0 spiro atoms. The largest absolute Gasteiger partial charge is 0.487 e. The molecule has 1 heterocycles. The molecule has 4 heteroatoms. The minimum absolute atomic E-state index is 0.0360. The van der Waals surface area contributed by atoms with Gasteiger partial charge in [0, 0.05) is 13.5 Å². The zero-order chi connectivity index (χ0) is 16.4. The van der Waals surface area contributed by atoms with Gasteiger partial charge in [-0.15, -0.1) is 0 Å². The number of aromatic nitrogens is 2. The van der Waals surface area contributed by atoms with Gasteiger partial charge in [0.15, 0.2) is 5.82 Å². The molecular weight excluding hydrogens is 276 g/mol. The van der Waals surface area contributed by atoms with Crippen LogP contribution in [0, 0.1) is 5.92 Å². The van der Waals surface area contributed by atoms with Gasteiger partial charge in [0.1, 0.15) is 12.4 Å². The molecule has 2 aromatic rings. The number of nitrogens with zero attached hydrogens (tertiary/aromatic N) is 2. The molecule has 1 saturated carbocycles. The Labute approximate surface area is 132 Å². The molecule has 4 nitrogen and oxygen atoms in total. The van der Waals surface area contributed by atoms with Crippen molar-refractivity contribution in [3.63, 3.8) is 0 Å². The van der Waals surface area contributed by atoms with Crippen molar-refractivity contribution in [3.05, 3.63) is 53.6 Å². The lowest BCUT2D eigenvalue weighted by Crippen LogP contribution is -2.10. The third kappa shape index (κ3) is 3.50. The zero-order valence-electron chi connectivity index (χ0n) is 13.9. The normalized spacial score (nSPS) is 15.3. The minimum atomic E-state index is -0.622. The lowest BCUT2D eigenvalue weighted by atomic mass is 10.0. The van der Waals surface area contributed by atoms with E-state index in [0.29, 0.717) is 17.3 Å². The monoisotopic (exact) mass is 297 g/mol. The molecule has 1 aromatic carbocycles. The Morgan fingerprint density at radius 1 is 1.32 bits per heavy atom. The van der Waals surface area contributed by atoms with Crippen molar-refractivity contribution < 1.29 is 10.9 Å². The molecule has 0 unspecified atom stereocenters. The second-order valence-electron chi connectivity index (χ2n) is 5.82. The molecule has 114 valence electrons. The van der Waals surface area contributed by atoms with Crippen LogP contribution in [0.5, 0.6) is 5.75 Å². The first-order valence-corrected chi connectivity index (χ1v) is 7.53. The van der Waals surface area contributed by atoms with E-state index in [9.17, 15) is 4.79 Å². The number of hydrogen-bond acceptors (Lipinski definition) is 4. The van der Waals surface area contributed by atoms with Crippen molar-refractivity contribution >= 4 is 5.78 Å². The molecule has 0 amide bonds. The average molecular weight is 297 g/mol. The maximum absolute atomic E-state index is 12.0. The average Bonchev–Trinajstić information content (AvgIpc) is 3.37. The second kappa shape index (κ2) is 6.26. The van der Waals surface area contributed by atoms with Gasteiger partial charge in [0.25, 0.3) is 0 Å². The number of ether oxygens (including phenoxy) is 1. The lowest BCUT2D eigenvalue weighted by molar-refractivity contribution is 0.0956. The van der Waals surface area contributed by atoms with Gasteiger partial charge in [0.05, 0.1) is 5.69 Å². The topological polar surface area (TPSA) is 52.1 Å². The first-order chi connectivity index (χ1) is 10.9. The van der Waals surface area contributed by atoms with Gasteiger partial charge in [-0.3, -0.25) is 4.79 Å². The van der Waals surface area contributed by atoms with Crippen LogP contribution < -0.4 is 4.74 Å². The van der Waals surface area contributed by atoms with E-state index in [1.807, 2.05) is 38.1 Å². The number of carbonyl (C=O) groups excluding carboxylic acids is 1. The summed E-state index contributed by atoms with van der Waals surface area (Å²) in [6.07, 6.45) is 3.50. The van der Waals surface area contributed by atoms with Crippen LogP contribution in [0.1, 0.15) is 55.8 Å². The van der Waals surface area contributed by atoms with Crippen molar-refractivity contribution in [1.82, 2.24) is 9.97 Å². The molecular formula is C18H20N2O2. The predicted molar refractivity (Wildman–Crippen MR) is 83.9 cm³/mol. The molecule has 1 fully saturated rings. The highest BCUT2D eigenvalue weighted by molar-refractivity contribution is 5.95. The van der Waals surface area contributed by atoms with Crippen molar-refractivity contribution in [2.24, 2.45) is 5.92 Å². The van der Waals surface area contributed by atoms with Crippen LogP contribution >= 0.6 is 0 Å². The van der Waals surface area contributed by atoms with Gasteiger partial charge in [-0.25, -0.2) is 9.97 Å². The van der Waals surface area contributed by atoms with Crippen molar-refractivity contribution in [2.45, 2.75) is 39.2 Å². The third-order valence-corrected chi connectivity index (χ3v) is 3.70. The molecule has 0 saturated heterocycles. The molecule has 0 aliphatic heterocycles. The lowest BCUT2D eigenvalue weighted by Gasteiger charge is -2.09. The first-order valence-electron chi connectivity index (χ1n) is 8.03. The number of benzene rings is 1. The summed E-state index contributed by atoms with van der Waals surface area (Å²) in [4.78, 5) is 20.3. The van der Waals surface area contributed by atoms with Gasteiger partial charge >= 0.3 is 0 Å². The van der Waals surface area contributed by atoms with Gasteiger partial charge < -0.3 is 4.74 Å². The summed E-state index contributed by atoms with van der Waals surface area (Å²) in [5, 5.41) is 0. The molecule has 0 N–H and O–H groups in total. The van der Waals surface area contributed by atoms with E-state index in [2.05, 4.69) is 9.97 Å². The van der Waals surface area contributed by atoms with E-state index < -0.39 is 5.89 Å². The fraction of sp³-hybridized carbons (Fsp3) is 0.389. The van der Waals surface area contributed by atoms with Gasteiger partial charge in [-0.2, -0.15) is 0 Å². The molecule has 3 rings (SSSR count). The maximum atomic E-state index is 12.0. The van der Waals surface area contributed by atoms with Crippen LogP contribution in [0.2, 0.25) is 0 Å². The first kappa shape index (κ1) is 13.4. The van der Waals surface area contributed by atoms with E-state index in [-0.39, 0.29) is 18.3 Å². The molecule has 0 atom stereocenters. The van der Waals surface area contributed by atoms with Gasteiger partial charge in [0.2, 0.25) is 5.78 Å². The van der Waals surface area contributed by atoms with E-state index >= 15 is 0 Å². The summed E-state index contributed by atoms with van der Waals surface area (Å²) in [5.74, 6) is 0.538. The van der Waals surface area contributed by atoms with Crippen molar-refractivity contribution in [3.8, 4) is 5.75 Å². The molecule has 22 heavy (non-hydrogen) atoms. The predicted octanol–water partition coefficient (Wildman–Crippen LogP) is 3.77. The number of rotatable bonds is 6. The number of hydrogen-bond donors (Lipinski definition) is 0. The van der Waals surface area contributed by atoms with Crippen molar-refractivity contribution in [2.75, 3.05) is 0 Å². The van der Waals surface area contributed by atoms with E-state index in [1.54, 1.807) is 12.3 Å². The fourth-order valence-corrected chi connectivity index (χ4v) is 2.17. The molecule has 0 bridgehead atoms. The van der Waals surface area contributed by atoms with Crippen LogP contribution in [0.4, 0.5) is 0 Å². The highest BCUT2D eigenvalue weighted by Gasteiger charge is 2.32. The Morgan fingerprint density at radius 2 is 2.05 bits per heavy atom. The Balaban J connectivity index is 1.64. The minimum Gasteiger partial charge on any atom is -0.487 e. The van der Waals surface area contributed by atoms with Crippen molar-refractivity contribution in [1.29, 1.82) is 0 Å². The Morgan fingerprint density at radius 3 is 2.68 bits per heavy atom. The summed E-state index contributed by atoms with van der Waals surface area (Å²) in [5.41, 5.74) is 1.62. The number of ketones is 1. The third-order valence-electron chi connectivity index (χ3n) is 3.70. The summed E-state index contributed by atoms with van der Waals surface area (Å²) in [6.45, 7) is 3.99. The zero-order valence-corrected chi connectivity index (χ0v) is 12.9. The van der Waals surface area contributed by atoms with E-state index in [0.717, 1.165) is 18.4 Å². The summed E-state index contributed by atoms with van der Waals surface area (Å²) < 4.78 is 13.7. The SMILES string of the molecule is [2H]C(C)(C)c1ccc(OCc2ccnc(C(=O)C3CC3)n2)cc1. The van der Waals surface area contributed by atoms with Gasteiger partial charge in [-0.05, 0) is 42.5 Å². The van der Waals surface area contributed by atoms with E-state index in [1.165, 1.54) is 0 Å². The molecule has 0 radical (unpaired) electrons. The highest BCUT2D eigenvalue weighted by atomic mass is 16.5. The van der Waals surface area contributed by atoms with Crippen LogP contribution in [-0.4, -0.2) is 15.8 Å². The number of carbonyl (C=O) groups is 1. The summed E-state index contributed by atoms with van der Waals surface area (Å²) >= 11 is 0. The molecule has 1 aliphatic carbocycles. The van der Waals surface area contributed by atoms with E-state index in [4.69, 9.17) is 6.11 Å². The Bertz CT molecular complexity index is 704. The fourth-order valence-electron chi connectivity index (χ4n) is 2.17. The molecule has 1 aromatic heterocycles. The second-order valence-corrected chi connectivity index (χ2v) is 5.82. The number of Topliss-reactive ketones (excluding diaryl/α,β-unsaturated/α-hetero) is 1. The Hall–Kier alpha value is -2.23. The standard InChI is InChI=1S/C18H20N2O2/c1-12(2)13-5-7-16(8-6-13)22-11-15-9-10-19-18(20-15)17(21)14-3-4-14/h5-10,12,14H,3-4,11H2,1-2H3/i12D. The van der Waals surface area contributed by atoms with Crippen LogP contribution in [-0.2, 0) is 6.61 Å². The quantitative estimate of drug-likeness (QED) is 0.762. The summed E-state index contributed by atoms with van der Waals surface area (Å²) in [7, 11) is 0. The maximum Gasteiger partial charge on any atom is 0.203 e. The smallest absolute Gasteiger partial charge is 0.203 e. The highest BCUT2D eigenvalue weighted by Crippen LogP contribution is 2.31. The summed E-state index contributed by atoms with van der Waals surface area (Å²) in [6, 6.07) is 9.24. The van der Waals surface area contributed by atoms with Crippen LogP contribution in [0.25, 0.3) is 0 Å². The molecule has 1 aliphatic rings. The van der Waals surface area contributed by atoms with Crippen LogP contribution in [0.3, 0.4) is 0 Å².